The second-order valence-electron chi connectivity index (χ2n) is 6.45. The van der Waals surface area contributed by atoms with Crippen molar-refractivity contribution in [2.45, 2.75) is 52.0 Å². The zero-order valence-corrected chi connectivity index (χ0v) is 16.4. The molecule has 6 nitrogen and oxygen atoms in total. The van der Waals surface area contributed by atoms with Crippen molar-refractivity contribution in [2.75, 3.05) is 6.54 Å². The number of benzene rings is 2. The summed E-state index contributed by atoms with van der Waals surface area (Å²) in [5, 5.41) is 6.39. The van der Waals surface area contributed by atoms with Gasteiger partial charge in [-0.2, -0.15) is 4.98 Å². The number of nitrogens with one attached hydrogen (secondary N) is 1. The van der Waals surface area contributed by atoms with E-state index in [1.54, 1.807) is 0 Å². The summed E-state index contributed by atoms with van der Waals surface area (Å²) >= 11 is 0. The number of hydrogen-bond donors (Lipinski definition) is 1. The van der Waals surface area contributed by atoms with Gasteiger partial charge in [0.2, 0.25) is 11.5 Å². The van der Waals surface area contributed by atoms with Gasteiger partial charge < -0.3 is 14.6 Å². The van der Waals surface area contributed by atoms with Crippen LogP contribution in [-0.2, 0) is 6.37 Å². The lowest BCUT2D eigenvalue weighted by molar-refractivity contribution is 0.244. The zero-order chi connectivity index (χ0) is 32.6. The van der Waals surface area contributed by atoms with Gasteiger partial charge in [0.15, 0.2) is 0 Å². The molecule has 6 heteroatoms. The molecule has 0 aliphatic heterocycles. The quantitative estimate of drug-likeness (QED) is 0.499. The van der Waals surface area contributed by atoms with Crippen molar-refractivity contribution in [1.82, 2.24) is 15.5 Å². The number of ether oxygens (including phenoxy) is 1. The first kappa shape index (κ1) is 9.76. The Bertz CT molecular complexity index is 1670. The lowest BCUT2D eigenvalue weighted by Gasteiger charge is -2.13. The van der Waals surface area contributed by atoms with Gasteiger partial charge in [-0.05, 0) is 68.8 Å². The smallest absolute Gasteiger partial charge is 0.256 e. The van der Waals surface area contributed by atoms with Crippen molar-refractivity contribution >= 4 is 5.69 Å². The number of aromatic nitrogens is 2. The highest BCUT2D eigenvalue weighted by molar-refractivity contribution is 5.70. The highest BCUT2D eigenvalue weighted by Crippen LogP contribution is 2.38. The predicted molar refractivity (Wildman–Crippen MR) is 117 cm³/mol. The lowest BCUT2D eigenvalue weighted by atomic mass is 10.0. The third-order valence-electron chi connectivity index (χ3n) is 4.06. The van der Waals surface area contributed by atoms with Crippen LogP contribution in [0.15, 0.2) is 40.8 Å². The topological polar surface area (TPSA) is 64.5 Å². The van der Waals surface area contributed by atoms with Gasteiger partial charge in [-0.1, -0.05) is 30.2 Å². The normalized spacial score (nSPS) is 25.7. The molecule has 1 aromatic heterocycles. The second kappa shape index (κ2) is 8.68. The molecule has 3 aromatic rings. The van der Waals surface area contributed by atoms with Gasteiger partial charge in [0.1, 0.15) is 5.75 Å². The predicted octanol–water partition coefficient (Wildman–Crippen LogP) is 5.73. The van der Waals surface area contributed by atoms with Crippen molar-refractivity contribution in [1.29, 1.82) is 0 Å². The molecule has 0 spiro atoms. The Hall–Kier alpha value is -3.17. The van der Waals surface area contributed by atoms with Crippen LogP contribution in [0.25, 0.3) is 27.7 Å². The fraction of sp³-hybridized carbons (Fsp3) is 0.375. The highest BCUT2D eigenvalue weighted by Gasteiger charge is 2.26. The largest absolute Gasteiger partial charge is 0.502 e. The maximum Gasteiger partial charge on any atom is 0.256 e. The Kier molecular flexibility index (Phi) is 2.82. The molecule has 1 aliphatic carbocycles. The van der Waals surface area contributed by atoms with E-state index in [1.165, 1.54) is 20.8 Å². The van der Waals surface area contributed by atoms with E-state index in [1.807, 2.05) is 0 Å². The molecule has 30 heavy (non-hydrogen) atoms. The van der Waals surface area contributed by atoms with Crippen LogP contribution in [0, 0.1) is 6.57 Å². The molecule has 154 valence electrons. The van der Waals surface area contributed by atoms with Crippen LogP contribution in [0.5, 0.6) is 5.75 Å². The van der Waals surface area contributed by atoms with Crippen molar-refractivity contribution in [2.24, 2.45) is 0 Å². The molecule has 0 fully saturated rings. The van der Waals surface area contributed by atoms with E-state index in [-0.39, 0.29) is 5.56 Å². The molecule has 0 saturated carbocycles. The molecule has 0 saturated heterocycles. The first-order valence-electron chi connectivity index (χ1n) is 15.5. The van der Waals surface area contributed by atoms with Crippen LogP contribution in [-0.4, -0.2) is 22.8 Å². The number of rotatable bonds is 7. The molecular weight excluding hydrogens is 376 g/mol. The summed E-state index contributed by atoms with van der Waals surface area (Å²) < 4.78 is 119. The Balaban J connectivity index is 1.97. The first-order valence-corrected chi connectivity index (χ1v) is 8.99. The Labute approximate surface area is 195 Å². The molecule has 1 heterocycles. The molecule has 0 unspecified atom stereocenters. The van der Waals surface area contributed by atoms with Gasteiger partial charge in [-0.25, -0.2) is 4.85 Å². The lowest BCUT2D eigenvalue weighted by Crippen LogP contribution is -2.19. The summed E-state index contributed by atoms with van der Waals surface area (Å²) in [6, 6.07) is -5.57. The summed E-state index contributed by atoms with van der Waals surface area (Å²) in [4.78, 5) is 7.34. The number of nitrogens with zero attached hydrogens (tertiary/aromatic N) is 3. The Morgan fingerprint density at radius 2 is 2.33 bits per heavy atom. The number of hydrogen-bond acceptors (Lipinski definition) is 5. The van der Waals surface area contributed by atoms with Crippen molar-refractivity contribution in [3.8, 4) is 28.6 Å². The van der Waals surface area contributed by atoms with E-state index in [4.69, 9.17) is 33.7 Å². The fourth-order valence-electron chi connectivity index (χ4n) is 2.78. The third-order valence-corrected chi connectivity index (χ3v) is 4.06. The maximum absolute atomic E-state index is 8.70. The van der Waals surface area contributed by atoms with Crippen molar-refractivity contribution in [3.05, 3.63) is 58.8 Å². The second-order valence-corrected chi connectivity index (χ2v) is 6.45. The Morgan fingerprint density at radius 1 is 1.47 bits per heavy atom. The highest BCUT2D eigenvalue weighted by atomic mass is 16.5. The monoisotopic (exact) mass is 415 g/mol. The van der Waals surface area contributed by atoms with Crippen LogP contribution in [0.4, 0.5) is 5.69 Å². The van der Waals surface area contributed by atoms with E-state index in [0.29, 0.717) is 0 Å². The third kappa shape index (κ3) is 3.94. The fourth-order valence-corrected chi connectivity index (χ4v) is 2.78. The first-order chi connectivity index (χ1) is 19.6. The van der Waals surface area contributed by atoms with Crippen molar-refractivity contribution < 1.29 is 27.1 Å². The molecule has 2 aromatic carbocycles. The minimum Gasteiger partial charge on any atom is -0.502 e. The van der Waals surface area contributed by atoms with Crippen LogP contribution in [0.1, 0.15) is 68.5 Å². The average molecular weight is 416 g/mol. The minimum atomic E-state index is -2.90. The summed E-state index contributed by atoms with van der Waals surface area (Å²) in [5.41, 5.74) is -2.26. The standard InChI is InChI=1S/C24H26N4O2/c1-5-13-26-20-11-10-17-18(20)7-6-8-19(17)23-27-24(30-28-23)16-9-12-22(29-15(2)3)21(14-16)25-4/h6-9,12,14-15,20,26H,5,10-11,13H2,1-3H3/t20-/m0/s1/i5D2,6D,7D,8D,9D,10D2,11D2,12D,14D,15D. The van der Waals surface area contributed by atoms with Gasteiger partial charge >= 0.3 is 0 Å². The van der Waals surface area contributed by atoms with Gasteiger partial charge in [-0.3, -0.25) is 0 Å². The molecule has 1 aliphatic rings. The van der Waals surface area contributed by atoms with E-state index in [2.05, 4.69) is 20.3 Å². The van der Waals surface area contributed by atoms with E-state index in [9.17, 15) is 0 Å². The Morgan fingerprint density at radius 3 is 3.10 bits per heavy atom. The maximum atomic E-state index is 8.70. The molecule has 4 rings (SSSR count). The minimum absolute atomic E-state index is 0.313. The van der Waals surface area contributed by atoms with E-state index in [0.717, 1.165) is 0 Å². The molecular formula is C24H26N4O2. The van der Waals surface area contributed by atoms with Gasteiger partial charge in [0, 0.05) is 26.8 Å². The van der Waals surface area contributed by atoms with E-state index < -0.39 is 114 Å². The molecule has 0 amide bonds. The van der Waals surface area contributed by atoms with Crippen molar-refractivity contribution in [3.63, 3.8) is 0 Å². The number of fused-ring (bicyclic) bond motifs is 1. The average Bonchev–Trinajstić information content (AvgIpc) is 3.39. The summed E-state index contributed by atoms with van der Waals surface area (Å²) in [5.74, 6) is -1.56. The van der Waals surface area contributed by atoms with Crippen LogP contribution in [0.3, 0.4) is 0 Å². The molecule has 1 atom stereocenters. The molecule has 0 radical (unpaired) electrons. The summed E-state index contributed by atoms with van der Waals surface area (Å²) in [7, 11) is 0. The van der Waals surface area contributed by atoms with Crippen LogP contribution < -0.4 is 10.1 Å². The summed E-state index contributed by atoms with van der Waals surface area (Å²) in [6.45, 7) is 11.0. The molecule has 0 bridgehead atoms. The van der Waals surface area contributed by atoms with E-state index >= 15 is 0 Å². The van der Waals surface area contributed by atoms with Gasteiger partial charge in [0.25, 0.3) is 5.89 Å². The SMILES string of the molecule is [2H]c1c([2H])c(-c2noc(-c3c([2H])c([2H])c(OC([2H])(C)C)c([N+]#[C-])c3[2H])n2)c2c(c1[2H])[C@@H](NCC([2H])([2H])C)C([2H])([2H])C2([2H])[2H]. The summed E-state index contributed by atoms with van der Waals surface area (Å²) in [6.07, 6.45) is -9.12. The van der Waals surface area contributed by atoms with Crippen LogP contribution >= 0.6 is 0 Å². The zero-order valence-electron chi connectivity index (χ0n) is 29.4. The molecule has 1 N–H and O–H groups in total. The van der Waals surface area contributed by atoms with Gasteiger partial charge in [0.05, 0.1) is 20.9 Å². The van der Waals surface area contributed by atoms with Gasteiger partial charge in [-0.15, -0.1) is 0 Å². The van der Waals surface area contributed by atoms with Crippen LogP contribution in [0.2, 0.25) is 0 Å².